The van der Waals surface area contributed by atoms with Crippen LogP contribution in [0, 0.1) is 0 Å². The van der Waals surface area contributed by atoms with Crippen molar-refractivity contribution in [3.63, 3.8) is 0 Å². The molecule has 25 heavy (non-hydrogen) atoms. The molecule has 2 amide bonds. The fraction of sp³-hybridized carbons (Fsp3) is 0.333. The number of hydrogen-bond donors (Lipinski definition) is 4. The number of ketones is 1. The van der Waals surface area contributed by atoms with Gasteiger partial charge in [0.1, 0.15) is 18.4 Å². The second-order valence-electron chi connectivity index (χ2n) is 4.72. The van der Waals surface area contributed by atoms with Gasteiger partial charge in [0.2, 0.25) is 11.8 Å². The minimum absolute atomic E-state index is 0.00122. The highest BCUT2D eigenvalue weighted by Crippen LogP contribution is 2.01. The SMILES string of the molecule is CCCC(=O)C(NC(=O)/C=C\C(=O)O)C(C=O)NC(=O)/C=C\C(=O)O. The lowest BCUT2D eigenvalue weighted by Gasteiger charge is -2.23. The fourth-order valence-corrected chi connectivity index (χ4v) is 1.68. The number of carbonyl (C=O) groups excluding carboxylic acids is 4. The van der Waals surface area contributed by atoms with E-state index in [-0.39, 0.29) is 12.7 Å². The van der Waals surface area contributed by atoms with E-state index in [1.807, 2.05) is 0 Å². The standard InChI is InChI=1S/C15H18N2O8/c1-2-3-10(19)15(17-12(21)5-7-14(24)25)9(8-18)16-11(20)4-6-13(22)23/h4-9,15H,2-3H2,1H3,(H,16,20)(H,17,21)(H,22,23)(H,24,25)/b6-4-,7-5-. The van der Waals surface area contributed by atoms with Gasteiger partial charge in [-0.25, -0.2) is 9.59 Å². The molecule has 0 aliphatic rings. The molecule has 10 heteroatoms. The molecule has 0 aromatic carbocycles. The van der Waals surface area contributed by atoms with E-state index in [0.29, 0.717) is 30.7 Å². The van der Waals surface area contributed by atoms with Crippen LogP contribution in [0.2, 0.25) is 0 Å². The van der Waals surface area contributed by atoms with Crippen LogP contribution < -0.4 is 10.6 Å². The van der Waals surface area contributed by atoms with Gasteiger partial charge in [-0.3, -0.25) is 14.4 Å². The number of carboxylic acids is 2. The summed E-state index contributed by atoms with van der Waals surface area (Å²) >= 11 is 0. The lowest BCUT2D eigenvalue weighted by atomic mass is 10.0. The lowest BCUT2D eigenvalue weighted by molar-refractivity contribution is -0.132. The maximum atomic E-state index is 12.1. The van der Waals surface area contributed by atoms with E-state index < -0.39 is 41.6 Å². The molecule has 0 aliphatic heterocycles. The number of hydrogen-bond acceptors (Lipinski definition) is 6. The lowest BCUT2D eigenvalue weighted by Crippen LogP contribution is -2.56. The molecule has 0 fully saturated rings. The summed E-state index contributed by atoms with van der Waals surface area (Å²) in [7, 11) is 0. The van der Waals surface area contributed by atoms with Crippen molar-refractivity contribution in [1.82, 2.24) is 10.6 Å². The number of carboxylic acid groups (broad SMARTS) is 2. The summed E-state index contributed by atoms with van der Waals surface area (Å²) in [6.45, 7) is 1.69. The zero-order valence-electron chi connectivity index (χ0n) is 13.3. The Morgan fingerprint density at radius 1 is 0.880 bits per heavy atom. The Morgan fingerprint density at radius 3 is 1.76 bits per heavy atom. The molecule has 0 aliphatic carbocycles. The van der Waals surface area contributed by atoms with E-state index in [9.17, 15) is 28.8 Å². The van der Waals surface area contributed by atoms with Crippen molar-refractivity contribution in [3.05, 3.63) is 24.3 Å². The second-order valence-corrected chi connectivity index (χ2v) is 4.72. The Morgan fingerprint density at radius 2 is 1.36 bits per heavy atom. The van der Waals surface area contributed by atoms with Crippen molar-refractivity contribution in [2.75, 3.05) is 0 Å². The molecular weight excluding hydrogens is 336 g/mol. The zero-order chi connectivity index (χ0) is 19.4. The molecule has 0 saturated heterocycles. The number of carbonyl (C=O) groups is 6. The first-order valence-electron chi connectivity index (χ1n) is 7.12. The maximum absolute atomic E-state index is 12.1. The molecule has 136 valence electrons. The molecule has 0 heterocycles. The molecule has 2 atom stereocenters. The third-order valence-electron chi connectivity index (χ3n) is 2.71. The van der Waals surface area contributed by atoms with E-state index in [1.165, 1.54) is 0 Å². The Bertz CT molecular complexity index is 609. The van der Waals surface area contributed by atoms with Crippen LogP contribution in [0.25, 0.3) is 0 Å². The molecule has 10 nitrogen and oxygen atoms in total. The van der Waals surface area contributed by atoms with Crippen LogP contribution in [-0.4, -0.2) is 58.1 Å². The van der Waals surface area contributed by atoms with Crippen molar-refractivity contribution in [2.24, 2.45) is 0 Å². The predicted octanol–water partition coefficient (Wildman–Crippen LogP) is -1.19. The summed E-state index contributed by atoms with van der Waals surface area (Å²) in [5.41, 5.74) is 0. The van der Waals surface area contributed by atoms with Gasteiger partial charge in [-0.15, -0.1) is 0 Å². The Hall–Kier alpha value is -3.30. The highest BCUT2D eigenvalue weighted by Gasteiger charge is 2.29. The summed E-state index contributed by atoms with van der Waals surface area (Å²) in [4.78, 5) is 67.3. The highest BCUT2D eigenvalue weighted by atomic mass is 16.4. The van der Waals surface area contributed by atoms with Crippen LogP contribution in [0.4, 0.5) is 0 Å². The zero-order valence-corrected chi connectivity index (χ0v) is 13.3. The molecule has 0 aromatic rings. The van der Waals surface area contributed by atoms with Gasteiger partial charge in [-0.05, 0) is 6.42 Å². The first-order valence-corrected chi connectivity index (χ1v) is 7.12. The van der Waals surface area contributed by atoms with Gasteiger partial charge in [-0.2, -0.15) is 0 Å². The van der Waals surface area contributed by atoms with Gasteiger partial charge < -0.3 is 25.6 Å². The van der Waals surface area contributed by atoms with E-state index in [2.05, 4.69) is 10.6 Å². The van der Waals surface area contributed by atoms with Crippen molar-refractivity contribution >= 4 is 35.8 Å². The minimum atomic E-state index is -1.45. The van der Waals surface area contributed by atoms with E-state index in [4.69, 9.17) is 10.2 Å². The van der Waals surface area contributed by atoms with Crippen molar-refractivity contribution in [2.45, 2.75) is 31.8 Å². The highest BCUT2D eigenvalue weighted by molar-refractivity contribution is 6.00. The molecular formula is C15H18N2O8. The van der Waals surface area contributed by atoms with Crippen LogP contribution in [0.5, 0.6) is 0 Å². The summed E-state index contributed by atoms with van der Waals surface area (Å²) in [6, 6.07) is -2.88. The molecule has 4 N–H and O–H groups in total. The van der Waals surface area contributed by atoms with Crippen LogP contribution in [0.3, 0.4) is 0 Å². The summed E-state index contributed by atoms with van der Waals surface area (Å²) < 4.78 is 0. The molecule has 0 aromatic heterocycles. The topological polar surface area (TPSA) is 167 Å². The van der Waals surface area contributed by atoms with Crippen LogP contribution >= 0.6 is 0 Å². The number of amides is 2. The van der Waals surface area contributed by atoms with Gasteiger partial charge in [0, 0.05) is 30.7 Å². The van der Waals surface area contributed by atoms with E-state index in [1.54, 1.807) is 6.92 Å². The maximum Gasteiger partial charge on any atom is 0.328 e. The minimum Gasteiger partial charge on any atom is -0.478 e. The summed E-state index contributed by atoms with van der Waals surface area (Å²) in [5.74, 6) is -5.23. The number of rotatable bonds is 11. The Kier molecular flexibility index (Phi) is 9.78. The van der Waals surface area contributed by atoms with E-state index in [0.717, 1.165) is 0 Å². The van der Waals surface area contributed by atoms with Gasteiger partial charge >= 0.3 is 11.9 Å². The van der Waals surface area contributed by atoms with Crippen molar-refractivity contribution in [1.29, 1.82) is 0 Å². The number of aldehydes is 1. The van der Waals surface area contributed by atoms with Crippen LogP contribution in [0.15, 0.2) is 24.3 Å². The third-order valence-corrected chi connectivity index (χ3v) is 2.71. The molecule has 0 spiro atoms. The van der Waals surface area contributed by atoms with Gasteiger partial charge in [-0.1, -0.05) is 6.92 Å². The first-order chi connectivity index (χ1) is 11.7. The second kappa shape index (κ2) is 11.3. The molecule has 0 radical (unpaired) electrons. The number of nitrogens with one attached hydrogen (secondary N) is 2. The predicted molar refractivity (Wildman–Crippen MR) is 83.4 cm³/mol. The van der Waals surface area contributed by atoms with Gasteiger partial charge in [0.25, 0.3) is 0 Å². The Labute approximate surface area is 142 Å². The summed E-state index contributed by atoms with van der Waals surface area (Å²) in [6.07, 6.45) is 3.00. The average Bonchev–Trinajstić information content (AvgIpc) is 2.54. The average molecular weight is 354 g/mol. The molecule has 0 saturated carbocycles. The van der Waals surface area contributed by atoms with Crippen molar-refractivity contribution in [3.8, 4) is 0 Å². The van der Waals surface area contributed by atoms with Crippen molar-refractivity contribution < 1.29 is 39.0 Å². The first kappa shape index (κ1) is 21.7. The number of Topliss-reactive ketones (excluding diaryl/α,β-unsaturated/α-hetero) is 1. The molecule has 0 rings (SSSR count). The smallest absolute Gasteiger partial charge is 0.328 e. The Balaban J connectivity index is 5.26. The van der Waals surface area contributed by atoms with Crippen LogP contribution in [0.1, 0.15) is 19.8 Å². The fourth-order valence-electron chi connectivity index (χ4n) is 1.68. The third kappa shape index (κ3) is 9.43. The van der Waals surface area contributed by atoms with Gasteiger partial charge in [0.05, 0.1) is 0 Å². The largest absolute Gasteiger partial charge is 0.478 e. The van der Waals surface area contributed by atoms with Gasteiger partial charge in [0.15, 0.2) is 5.78 Å². The summed E-state index contributed by atoms with van der Waals surface area (Å²) in [5, 5.41) is 21.2. The quantitative estimate of drug-likeness (QED) is 0.265. The normalized spacial score (nSPS) is 13.2. The monoisotopic (exact) mass is 354 g/mol. The molecule has 2 unspecified atom stereocenters. The number of aliphatic carboxylic acids is 2. The van der Waals surface area contributed by atoms with Crippen LogP contribution in [-0.2, 0) is 28.8 Å². The molecule has 0 bridgehead atoms. The van der Waals surface area contributed by atoms with E-state index >= 15 is 0 Å².